The number of rotatable bonds is 5. The standard InChI is InChI=1S/C15H21ClN2O2/c1-2-14(12-4-3-5-13(16)10-12)18-8-6-17(7-9-18)11-15(19)20/h3-5,10,14H,2,6-9,11H2,1H3,(H,19,20). The number of carboxylic acids is 1. The fraction of sp³-hybridized carbons (Fsp3) is 0.533. The highest BCUT2D eigenvalue weighted by molar-refractivity contribution is 6.30. The van der Waals surface area contributed by atoms with Crippen LogP contribution < -0.4 is 0 Å². The molecule has 1 aromatic rings. The van der Waals surface area contributed by atoms with Gasteiger partial charge in [0.15, 0.2) is 0 Å². The van der Waals surface area contributed by atoms with Gasteiger partial charge in [-0.25, -0.2) is 0 Å². The summed E-state index contributed by atoms with van der Waals surface area (Å²) in [5.74, 6) is -0.750. The number of nitrogens with zero attached hydrogens (tertiary/aromatic N) is 2. The van der Waals surface area contributed by atoms with Crippen LogP contribution in [0.2, 0.25) is 5.02 Å². The van der Waals surface area contributed by atoms with Gasteiger partial charge in [0.1, 0.15) is 0 Å². The van der Waals surface area contributed by atoms with Crippen LogP contribution in [0.4, 0.5) is 0 Å². The second-order valence-electron chi connectivity index (χ2n) is 5.18. The third kappa shape index (κ3) is 3.95. The summed E-state index contributed by atoms with van der Waals surface area (Å²) in [6.45, 7) is 5.74. The summed E-state index contributed by atoms with van der Waals surface area (Å²) in [5.41, 5.74) is 1.24. The maximum absolute atomic E-state index is 10.7. The maximum atomic E-state index is 10.7. The lowest BCUT2D eigenvalue weighted by Gasteiger charge is -2.38. The minimum Gasteiger partial charge on any atom is -0.480 e. The van der Waals surface area contributed by atoms with Crippen molar-refractivity contribution in [2.45, 2.75) is 19.4 Å². The first kappa shape index (κ1) is 15.3. The molecule has 110 valence electrons. The molecule has 1 fully saturated rings. The molecule has 1 unspecified atom stereocenters. The average molecular weight is 297 g/mol. The highest BCUT2D eigenvalue weighted by Gasteiger charge is 2.24. The first-order chi connectivity index (χ1) is 9.60. The van der Waals surface area contributed by atoms with Crippen molar-refractivity contribution in [2.75, 3.05) is 32.7 Å². The quantitative estimate of drug-likeness (QED) is 0.907. The lowest BCUT2D eigenvalue weighted by atomic mass is 10.0. The lowest BCUT2D eigenvalue weighted by Crippen LogP contribution is -2.48. The second kappa shape index (κ2) is 7.07. The summed E-state index contributed by atoms with van der Waals surface area (Å²) >= 11 is 6.07. The van der Waals surface area contributed by atoms with Crippen LogP contribution in [0.15, 0.2) is 24.3 Å². The van der Waals surface area contributed by atoms with Crippen LogP contribution in [-0.4, -0.2) is 53.6 Å². The summed E-state index contributed by atoms with van der Waals surface area (Å²) in [5, 5.41) is 9.59. The van der Waals surface area contributed by atoms with Crippen LogP contribution in [0.25, 0.3) is 0 Å². The normalized spacial score (nSPS) is 18.9. The fourth-order valence-electron chi connectivity index (χ4n) is 2.84. The van der Waals surface area contributed by atoms with E-state index >= 15 is 0 Å². The van der Waals surface area contributed by atoms with E-state index < -0.39 is 5.97 Å². The first-order valence-electron chi connectivity index (χ1n) is 7.04. The van der Waals surface area contributed by atoms with Crippen molar-refractivity contribution in [3.63, 3.8) is 0 Å². The Morgan fingerprint density at radius 1 is 1.35 bits per heavy atom. The van der Waals surface area contributed by atoms with Crippen LogP contribution >= 0.6 is 11.6 Å². The predicted octanol–water partition coefficient (Wildman–Crippen LogP) is 2.49. The monoisotopic (exact) mass is 296 g/mol. The highest BCUT2D eigenvalue weighted by atomic mass is 35.5. The zero-order chi connectivity index (χ0) is 14.5. The summed E-state index contributed by atoms with van der Waals surface area (Å²) in [6.07, 6.45) is 1.03. The second-order valence-corrected chi connectivity index (χ2v) is 5.62. The van der Waals surface area contributed by atoms with Gasteiger partial charge in [0.2, 0.25) is 0 Å². The number of hydrogen-bond acceptors (Lipinski definition) is 3. The molecule has 1 heterocycles. The van der Waals surface area contributed by atoms with Crippen molar-refractivity contribution in [3.8, 4) is 0 Å². The van der Waals surface area contributed by atoms with Gasteiger partial charge in [-0.05, 0) is 24.1 Å². The number of carboxylic acid groups (broad SMARTS) is 1. The van der Waals surface area contributed by atoms with Crippen molar-refractivity contribution < 1.29 is 9.90 Å². The van der Waals surface area contributed by atoms with E-state index in [0.717, 1.165) is 37.6 Å². The largest absolute Gasteiger partial charge is 0.480 e. The minimum absolute atomic E-state index is 0.141. The van der Waals surface area contributed by atoms with E-state index in [4.69, 9.17) is 16.7 Å². The number of hydrogen-bond donors (Lipinski definition) is 1. The summed E-state index contributed by atoms with van der Waals surface area (Å²) in [4.78, 5) is 15.1. The fourth-order valence-corrected chi connectivity index (χ4v) is 3.04. The third-order valence-corrected chi connectivity index (χ3v) is 4.06. The molecule has 20 heavy (non-hydrogen) atoms. The van der Waals surface area contributed by atoms with E-state index in [2.05, 4.69) is 17.9 Å². The molecule has 1 N–H and O–H groups in total. The van der Waals surface area contributed by atoms with E-state index in [-0.39, 0.29) is 6.54 Å². The Morgan fingerprint density at radius 2 is 2.05 bits per heavy atom. The van der Waals surface area contributed by atoms with Crippen LogP contribution in [0, 0.1) is 0 Å². The van der Waals surface area contributed by atoms with Gasteiger partial charge in [-0.3, -0.25) is 14.6 Å². The zero-order valence-corrected chi connectivity index (χ0v) is 12.5. The molecular weight excluding hydrogens is 276 g/mol. The molecule has 0 radical (unpaired) electrons. The first-order valence-corrected chi connectivity index (χ1v) is 7.41. The van der Waals surface area contributed by atoms with Gasteiger partial charge in [0.25, 0.3) is 0 Å². The molecule has 0 amide bonds. The molecular formula is C15H21ClN2O2. The van der Waals surface area contributed by atoms with Crippen LogP contribution in [0.5, 0.6) is 0 Å². The Labute approximate surface area is 124 Å². The maximum Gasteiger partial charge on any atom is 0.317 e. The van der Waals surface area contributed by atoms with Crippen molar-refractivity contribution in [3.05, 3.63) is 34.9 Å². The Kier molecular flexibility index (Phi) is 5.40. The molecule has 1 atom stereocenters. The van der Waals surface area contributed by atoms with Gasteiger partial charge in [-0.1, -0.05) is 30.7 Å². The molecule has 0 aliphatic carbocycles. The topological polar surface area (TPSA) is 43.8 Å². The molecule has 0 aromatic heterocycles. The molecule has 1 saturated heterocycles. The molecule has 1 aliphatic rings. The van der Waals surface area contributed by atoms with Gasteiger partial charge in [0, 0.05) is 37.2 Å². The van der Waals surface area contributed by atoms with Gasteiger partial charge >= 0.3 is 5.97 Å². The number of piperazine rings is 1. The average Bonchev–Trinajstić information content (AvgIpc) is 2.41. The Balaban J connectivity index is 1.98. The third-order valence-electron chi connectivity index (χ3n) is 3.83. The van der Waals surface area contributed by atoms with E-state index in [0.29, 0.717) is 6.04 Å². The van der Waals surface area contributed by atoms with Crippen molar-refractivity contribution in [1.82, 2.24) is 9.80 Å². The van der Waals surface area contributed by atoms with Crippen LogP contribution in [0.3, 0.4) is 0 Å². The predicted molar refractivity (Wildman–Crippen MR) is 80.1 cm³/mol. The summed E-state index contributed by atoms with van der Waals surface area (Å²) in [7, 11) is 0. The minimum atomic E-state index is -0.750. The molecule has 1 aromatic carbocycles. The number of halogens is 1. The van der Waals surface area contributed by atoms with E-state index in [1.807, 2.05) is 23.1 Å². The molecule has 4 nitrogen and oxygen atoms in total. The van der Waals surface area contributed by atoms with Gasteiger partial charge < -0.3 is 5.11 Å². The molecule has 5 heteroatoms. The SMILES string of the molecule is CCC(c1cccc(Cl)c1)N1CCN(CC(=O)O)CC1. The number of benzene rings is 1. The smallest absolute Gasteiger partial charge is 0.317 e. The molecule has 0 bridgehead atoms. The summed E-state index contributed by atoms with van der Waals surface area (Å²) in [6, 6.07) is 8.38. The number of carbonyl (C=O) groups is 1. The van der Waals surface area contributed by atoms with Gasteiger partial charge in [-0.15, -0.1) is 0 Å². The van der Waals surface area contributed by atoms with Gasteiger partial charge in [0.05, 0.1) is 6.54 Å². The van der Waals surface area contributed by atoms with E-state index in [1.54, 1.807) is 0 Å². The lowest BCUT2D eigenvalue weighted by molar-refractivity contribution is -0.138. The Bertz CT molecular complexity index is 459. The zero-order valence-electron chi connectivity index (χ0n) is 11.8. The summed E-state index contributed by atoms with van der Waals surface area (Å²) < 4.78 is 0. The van der Waals surface area contributed by atoms with E-state index in [9.17, 15) is 4.79 Å². The Hall–Kier alpha value is -1.10. The van der Waals surface area contributed by atoms with Crippen LogP contribution in [-0.2, 0) is 4.79 Å². The molecule has 0 spiro atoms. The van der Waals surface area contributed by atoms with Crippen molar-refractivity contribution >= 4 is 17.6 Å². The Morgan fingerprint density at radius 3 is 2.60 bits per heavy atom. The number of aliphatic carboxylic acids is 1. The molecule has 0 saturated carbocycles. The van der Waals surface area contributed by atoms with Crippen molar-refractivity contribution in [2.24, 2.45) is 0 Å². The van der Waals surface area contributed by atoms with E-state index in [1.165, 1.54) is 5.56 Å². The van der Waals surface area contributed by atoms with Gasteiger partial charge in [-0.2, -0.15) is 0 Å². The van der Waals surface area contributed by atoms with Crippen LogP contribution in [0.1, 0.15) is 24.9 Å². The molecule has 2 rings (SSSR count). The molecule has 1 aliphatic heterocycles. The van der Waals surface area contributed by atoms with Crippen molar-refractivity contribution in [1.29, 1.82) is 0 Å². The highest BCUT2D eigenvalue weighted by Crippen LogP contribution is 2.27.